The molecule has 1 saturated heterocycles. The predicted octanol–water partition coefficient (Wildman–Crippen LogP) is 5.26. The lowest BCUT2D eigenvalue weighted by atomic mass is 9.92. The van der Waals surface area contributed by atoms with Gasteiger partial charge in [0.05, 0.1) is 6.61 Å². The van der Waals surface area contributed by atoms with Crippen LogP contribution in [0.15, 0.2) is 77.7 Å². The average molecular weight is 494 g/mol. The molecule has 1 aliphatic heterocycles. The smallest absolute Gasteiger partial charge is 0.339 e. The summed E-state index contributed by atoms with van der Waals surface area (Å²) < 4.78 is 38.0. The zero-order valence-electron chi connectivity index (χ0n) is 18.9. The number of ketones is 1. The van der Waals surface area contributed by atoms with E-state index in [-0.39, 0.29) is 38.5 Å². The Morgan fingerprint density at radius 3 is 2.44 bits per heavy atom. The Morgan fingerprint density at radius 1 is 0.971 bits per heavy atom. The molecular formula is C27H25O5S2+. The molecule has 1 fully saturated rings. The molecule has 0 N–H and O–H groups in total. The molecule has 0 spiro atoms. The molecule has 1 aliphatic carbocycles. The van der Waals surface area contributed by atoms with Gasteiger partial charge in [0.2, 0.25) is 0 Å². The molecule has 3 aromatic carbocycles. The topological polar surface area (TPSA) is 69.7 Å². The number of ether oxygens (including phenoxy) is 1. The normalized spacial score (nSPS) is 16.6. The van der Waals surface area contributed by atoms with Gasteiger partial charge in [0.25, 0.3) is 0 Å². The van der Waals surface area contributed by atoms with Crippen LogP contribution in [0, 0.1) is 0 Å². The van der Waals surface area contributed by atoms with Gasteiger partial charge in [0.1, 0.15) is 16.4 Å². The minimum Gasteiger partial charge on any atom is -0.380 e. The zero-order valence-corrected chi connectivity index (χ0v) is 20.5. The summed E-state index contributed by atoms with van der Waals surface area (Å²) in [5.41, 5.74) is 1.46. The minimum atomic E-state index is -4.25. The first-order valence-electron chi connectivity index (χ1n) is 11.1. The molecule has 0 aromatic heterocycles. The summed E-state index contributed by atoms with van der Waals surface area (Å²) in [6, 6.07) is 16.6. The largest absolute Gasteiger partial charge is 0.380 e. The lowest BCUT2D eigenvalue weighted by molar-refractivity contribution is 0.103. The van der Waals surface area contributed by atoms with E-state index in [1.165, 1.54) is 35.3 Å². The van der Waals surface area contributed by atoms with Crippen LogP contribution in [-0.4, -0.2) is 32.8 Å². The maximum Gasteiger partial charge on any atom is 0.339 e. The highest BCUT2D eigenvalue weighted by Gasteiger charge is 2.33. The highest BCUT2D eigenvalue weighted by Crippen LogP contribution is 2.38. The molecule has 0 bridgehead atoms. The van der Waals surface area contributed by atoms with Gasteiger partial charge >= 0.3 is 10.1 Å². The first-order chi connectivity index (χ1) is 16.4. The van der Waals surface area contributed by atoms with Gasteiger partial charge in [-0.15, -0.1) is 0 Å². The molecule has 0 unspecified atom stereocenters. The van der Waals surface area contributed by atoms with E-state index in [2.05, 4.69) is 6.58 Å². The fourth-order valence-corrected chi connectivity index (χ4v) is 8.23. The summed E-state index contributed by atoms with van der Waals surface area (Å²) >= 11 is 0. The van der Waals surface area contributed by atoms with Crippen LogP contribution in [0.2, 0.25) is 0 Å². The van der Waals surface area contributed by atoms with Crippen LogP contribution >= 0.6 is 0 Å². The van der Waals surface area contributed by atoms with Crippen LogP contribution in [0.4, 0.5) is 0 Å². The number of rotatable bonds is 6. The maximum atomic E-state index is 13.6. The van der Waals surface area contributed by atoms with Gasteiger partial charge in [-0.3, -0.25) is 4.79 Å². The van der Waals surface area contributed by atoms with E-state index in [4.69, 9.17) is 8.92 Å². The SMILES string of the molecule is C=C1C=C(S(=O)(=O)Oc2ccc([S+]3CCCC3)c3ccccc23)c2cc(COC)ccc2C1=O. The molecule has 0 atom stereocenters. The van der Waals surface area contributed by atoms with Crippen molar-refractivity contribution in [3.05, 3.63) is 89.5 Å². The van der Waals surface area contributed by atoms with Gasteiger partial charge in [-0.05, 0) is 48.7 Å². The molecule has 2 aliphatic rings. The van der Waals surface area contributed by atoms with E-state index in [1.54, 1.807) is 31.4 Å². The number of hydrogen-bond donors (Lipinski definition) is 0. The summed E-state index contributed by atoms with van der Waals surface area (Å²) in [6.45, 7) is 4.06. The van der Waals surface area contributed by atoms with E-state index in [0.717, 1.165) is 16.3 Å². The van der Waals surface area contributed by atoms with Crippen molar-refractivity contribution in [2.45, 2.75) is 24.3 Å². The van der Waals surface area contributed by atoms with Crippen molar-refractivity contribution in [1.82, 2.24) is 0 Å². The van der Waals surface area contributed by atoms with E-state index in [9.17, 15) is 13.2 Å². The van der Waals surface area contributed by atoms with Crippen molar-refractivity contribution < 1.29 is 22.1 Å². The van der Waals surface area contributed by atoms with E-state index in [0.29, 0.717) is 12.2 Å². The number of allylic oxidation sites excluding steroid dienone is 2. The van der Waals surface area contributed by atoms with Crippen LogP contribution in [-0.2, 0) is 32.4 Å². The first-order valence-corrected chi connectivity index (χ1v) is 14.1. The minimum absolute atomic E-state index is 0.0733. The standard InChI is InChI=1S/C27H25O5S2/c1-18-15-26(23-16-19(17-31-2)9-10-22(23)27(18)28)34(29,30)32-24-11-12-25(33-13-5-6-14-33)21-8-4-3-7-20(21)24/h3-4,7-12,15-16H,1,5-6,13-14,17H2,2H3/q+1. The fraction of sp³-hybridized carbons (Fsp3) is 0.222. The molecule has 5 rings (SSSR count). The summed E-state index contributed by atoms with van der Waals surface area (Å²) in [7, 11) is -2.51. The van der Waals surface area contributed by atoms with Crippen molar-refractivity contribution in [1.29, 1.82) is 0 Å². The summed E-state index contributed by atoms with van der Waals surface area (Å²) in [6.07, 6.45) is 3.75. The lowest BCUT2D eigenvalue weighted by Gasteiger charge is -2.20. The lowest BCUT2D eigenvalue weighted by Crippen LogP contribution is -2.19. The molecule has 0 saturated carbocycles. The van der Waals surface area contributed by atoms with E-state index < -0.39 is 10.1 Å². The Balaban J connectivity index is 1.58. The Kier molecular flexibility index (Phi) is 6.10. The van der Waals surface area contributed by atoms with Crippen LogP contribution < -0.4 is 4.18 Å². The Morgan fingerprint density at radius 2 is 1.71 bits per heavy atom. The van der Waals surface area contributed by atoms with E-state index >= 15 is 0 Å². The van der Waals surface area contributed by atoms with Crippen molar-refractivity contribution in [2.24, 2.45) is 0 Å². The second-order valence-corrected chi connectivity index (χ2v) is 12.2. The molecule has 3 aromatic rings. The van der Waals surface area contributed by atoms with Crippen LogP contribution in [0.25, 0.3) is 15.7 Å². The third kappa shape index (κ3) is 4.08. The first kappa shape index (κ1) is 22.9. The third-order valence-electron chi connectivity index (χ3n) is 6.16. The summed E-state index contributed by atoms with van der Waals surface area (Å²) in [4.78, 5) is 13.8. The second-order valence-electron chi connectivity index (χ2n) is 8.43. The van der Waals surface area contributed by atoms with Gasteiger partial charge in [0, 0.05) is 45.5 Å². The van der Waals surface area contributed by atoms with Gasteiger partial charge in [-0.25, -0.2) is 0 Å². The molecule has 0 radical (unpaired) electrons. The van der Waals surface area contributed by atoms with E-state index in [1.807, 2.05) is 30.3 Å². The molecule has 1 heterocycles. The Bertz CT molecular complexity index is 1450. The molecule has 34 heavy (non-hydrogen) atoms. The Labute approximate surface area is 202 Å². The number of fused-ring (bicyclic) bond motifs is 2. The fourth-order valence-electron chi connectivity index (χ4n) is 4.54. The number of carbonyl (C=O) groups is 1. The number of Topliss-reactive ketones (excluding diaryl/α,β-unsaturated/α-hetero) is 1. The molecule has 7 heteroatoms. The van der Waals surface area contributed by atoms with Gasteiger partial charge in [-0.1, -0.05) is 36.9 Å². The van der Waals surface area contributed by atoms with Crippen molar-refractivity contribution in [3.63, 3.8) is 0 Å². The zero-order chi connectivity index (χ0) is 23.9. The molecule has 0 amide bonds. The van der Waals surface area contributed by atoms with Crippen molar-refractivity contribution in [2.75, 3.05) is 18.6 Å². The monoisotopic (exact) mass is 493 g/mol. The maximum absolute atomic E-state index is 13.6. The number of benzene rings is 3. The third-order valence-corrected chi connectivity index (χ3v) is 9.97. The van der Waals surface area contributed by atoms with Crippen molar-refractivity contribution >= 4 is 42.5 Å². The quantitative estimate of drug-likeness (QED) is 0.266. The van der Waals surface area contributed by atoms with Crippen LogP contribution in [0.1, 0.15) is 34.3 Å². The number of methoxy groups -OCH3 is 1. The summed E-state index contributed by atoms with van der Waals surface area (Å²) in [5, 5.41) is 1.79. The molecule has 174 valence electrons. The second kappa shape index (κ2) is 9.06. The predicted molar refractivity (Wildman–Crippen MR) is 137 cm³/mol. The highest BCUT2D eigenvalue weighted by molar-refractivity contribution is 7.97. The van der Waals surface area contributed by atoms with Crippen LogP contribution in [0.5, 0.6) is 5.75 Å². The number of carbonyl (C=O) groups excluding carboxylic acids is 1. The van der Waals surface area contributed by atoms with Crippen molar-refractivity contribution in [3.8, 4) is 5.75 Å². The van der Waals surface area contributed by atoms with Gasteiger partial charge in [0.15, 0.2) is 16.4 Å². The molecule has 5 nitrogen and oxygen atoms in total. The van der Waals surface area contributed by atoms with Gasteiger partial charge in [-0.2, -0.15) is 8.42 Å². The highest BCUT2D eigenvalue weighted by atomic mass is 32.2. The molecular weight excluding hydrogens is 468 g/mol. The number of hydrogen-bond acceptors (Lipinski definition) is 5. The Hall–Kier alpha value is -2.87. The van der Waals surface area contributed by atoms with Gasteiger partial charge < -0.3 is 8.92 Å². The summed E-state index contributed by atoms with van der Waals surface area (Å²) in [5.74, 6) is 2.32. The van der Waals surface area contributed by atoms with Crippen LogP contribution in [0.3, 0.4) is 0 Å². The average Bonchev–Trinajstić information content (AvgIpc) is 3.36.